The van der Waals surface area contributed by atoms with Crippen LogP contribution in [-0.2, 0) is 4.79 Å². The highest BCUT2D eigenvalue weighted by molar-refractivity contribution is 5.86. The standard InChI is InChI=1S/C15H29N3O/c1-4-8-17-9-10-18(15(2,3)14(17)19)12-13-6-5-7-16-11-13/h13,16H,4-12H2,1-3H3. The van der Waals surface area contributed by atoms with Gasteiger partial charge in [0.05, 0.1) is 5.54 Å². The largest absolute Gasteiger partial charge is 0.340 e. The summed E-state index contributed by atoms with van der Waals surface area (Å²) in [5.41, 5.74) is -0.329. The summed E-state index contributed by atoms with van der Waals surface area (Å²) < 4.78 is 0. The number of hydrogen-bond donors (Lipinski definition) is 1. The first kappa shape index (κ1) is 14.8. The first-order chi connectivity index (χ1) is 9.05. The molecule has 2 aliphatic heterocycles. The van der Waals surface area contributed by atoms with E-state index in [0.717, 1.165) is 45.7 Å². The lowest BCUT2D eigenvalue weighted by Crippen LogP contribution is -2.64. The SMILES string of the molecule is CCCN1CCN(CC2CCCNC2)C(C)(C)C1=O. The Balaban J connectivity index is 1.96. The van der Waals surface area contributed by atoms with Gasteiger partial charge >= 0.3 is 0 Å². The molecule has 2 heterocycles. The quantitative estimate of drug-likeness (QED) is 0.834. The molecule has 0 aromatic heterocycles. The molecule has 2 saturated heterocycles. The predicted octanol–water partition coefficient (Wildman–Crippen LogP) is 1.32. The highest BCUT2D eigenvalue weighted by Gasteiger charge is 2.41. The zero-order valence-electron chi connectivity index (χ0n) is 12.7. The van der Waals surface area contributed by atoms with Crippen molar-refractivity contribution in [2.45, 2.75) is 45.6 Å². The molecule has 2 rings (SSSR count). The van der Waals surface area contributed by atoms with E-state index in [1.807, 2.05) is 4.90 Å². The number of carbonyl (C=O) groups excluding carboxylic acids is 1. The van der Waals surface area contributed by atoms with E-state index in [2.05, 4.69) is 31.0 Å². The lowest BCUT2D eigenvalue weighted by atomic mass is 9.92. The molecule has 110 valence electrons. The highest BCUT2D eigenvalue weighted by Crippen LogP contribution is 2.25. The second-order valence-electron chi connectivity index (χ2n) is 6.51. The fourth-order valence-electron chi connectivity index (χ4n) is 3.34. The third-order valence-electron chi connectivity index (χ3n) is 4.61. The van der Waals surface area contributed by atoms with Crippen LogP contribution in [-0.4, -0.2) is 60.5 Å². The Bertz CT molecular complexity index is 311. The summed E-state index contributed by atoms with van der Waals surface area (Å²) in [4.78, 5) is 17.0. The summed E-state index contributed by atoms with van der Waals surface area (Å²) in [6, 6.07) is 0. The van der Waals surface area contributed by atoms with Crippen LogP contribution < -0.4 is 5.32 Å². The average molecular weight is 267 g/mol. The van der Waals surface area contributed by atoms with Crippen LogP contribution in [0.1, 0.15) is 40.0 Å². The van der Waals surface area contributed by atoms with Crippen LogP contribution in [0.25, 0.3) is 0 Å². The van der Waals surface area contributed by atoms with Crippen molar-refractivity contribution in [3.63, 3.8) is 0 Å². The number of nitrogens with zero attached hydrogens (tertiary/aromatic N) is 2. The Morgan fingerprint density at radius 2 is 2.16 bits per heavy atom. The molecule has 0 aromatic rings. The summed E-state index contributed by atoms with van der Waals surface area (Å²) >= 11 is 0. The van der Waals surface area contributed by atoms with Crippen LogP contribution in [0.15, 0.2) is 0 Å². The monoisotopic (exact) mass is 267 g/mol. The predicted molar refractivity (Wildman–Crippen MR) is 78.1 cm³/mol. The van der Waals surface area contributed by atoms with Crippen molar-refractivity contribution in [1.82, 2.24) is 15.1 Å². The van der Waals surface area contributed by atoms with Crippen LogP contribution >= 0.6 is 0 Å². The summed E-state index contributed by atoms with van der Waals surface area (Å²) in [5, 5.41) is 3.47. The summed E-state index contributed by atoms with van der Waals surface area (Å²) in [6.45, 7) is 12.5. The summed E-state index contributed by atoms with van der Waals surface area (Å²) in [7, 11) is 0. The Morgan fingerprint density at radius 1 is 1.37 bits per heavy atom. The molecular weight excluding hydrogens is 238 g/mol. The van der Waals surface area contributed by atoms with Crippen molar-refractivity contribution in [2.75, 3.05) is 39.3 Å². The number of rotatable bonds is 4. The fraction of sp³-hybridized carbons (Fsp3) is 0.933. The number of hydrogen-bond acceptors (Lipinski definition) is 3. The second kappa shape index (κ2) is 6.23. The molecule has 1 atom stereocenters. The molecule has 0 aliphatic carbocycles. The van der Waals surface area contributed by atoms with Crippen molar-refractivity contribution in [3.8, 4) is 0 Å². The number of nitrogens with one attached hydrogen (secondary N) is 1. The van der Waals surface area contributed by atoms with Gasteiger partial charge in [-0.1, -0.05) is 6.92 Å². The van der Waals surface area contributed by atoms with Crippen LogP contribution in [0.2, 0.25) is 0 Å². The van der Waals surface area contributed by atoms with Crippen LogP contribution in [0.5, 0.6) is 0 Å². The molecule has 0 bridgehead atoms. The highest BCUT2D eigenvalue weighted by atomic mass is 16.2. The zero-order valence-corrected chi connectivity index (χ0v) is 12.7. The van der Waals surface area contributed by atoms with Gasteiger partial charge in [0.15, 0.2) is 0 Å². The summed E-state index contributed by atoms with van der Waals surface area (Å²) in [6.07, 6.45) is 3.62. The molecule has 4 heteroatoms. The topological polar surface area (TPSA) is 35.6 Å². The second-order valence-corrected chi connectivity index (χ2v) is 6.51. The van der Waals surface area contributed by atoms with Gasteiger partial charge < -0.3 is 10.2 Å². The van der Waals surface area contributed by atoms with Crippen LogP contribution in [0, 0.1) is 5.92 Å². The maximum Gasteiger partial charge on any atom is 0.242 e. The third-order valence-corrected chi connectivity index (χ3v) is 4.61. The smallest absolute Gasteiger partial charge is 0.242 e. The van der Waals surface area contributed by atoms with Gasteiger partial charge in [-0.3, -0.25) is 9.69 Å². The van der Waals surface area contributed by atoms with Crippen LogP contribution in [0.3, 0.4) is 0 Å². The maximum absolute atomic E-state index is 12.6. The van der Waals surface area contributed by atoms with Gasteiger partial charge in [-0.15, -0.1) is 0 Å². The van der Waals surface area contributed by atoms with Gasteiger partial charge in [-0.25, -0.2) is 0 Å². The minimum Gasteiger partial charge on any atom is -0.340 e. The minimum atomic E-state index is -0.329. The maximum atomic E-state index is 12.6. The van der Waals surface area contributed by atoms with E-state index in [-0.39, 0.29) is 5.54 Å². The van der Waals surface area contributed by atoms with E-state index < -0.39 is 0 Å². The van der Waals surface area contributed by atoms with Gasteiger partial charge in [0, 0.05) is 26.2 Å². The van der Waals surface area contributed by atoms with Gasteiger partial charge in [0.25, 0.3) is 0 Å². The first-order valence-corrected chi connectivity index (χ1v) is 7.81. The number of carbonyl (C=O) groups is 1. The van der Waals surface area contributed by atoms with Crippen molar-refractivity contribution in [2.24, 2.45) is 5.92 Å². The Morgan fingerprint density at radius 3 is 2.79 bits per heavy atom. The third kappa shape index (κ3) is 3.29. The van der Waals surface area contributed by atoms with E-state index in [4.69, 9.17) is 0 Å². The van der Waals surface area contributed by atoms with Crippen molar-refractivity contribution in [3.05, 3.63) is 0 Å². The fourth-order valence-corrected chi connectivity index (χ4v) is 3.34. The molecule has 0 saturated carbocycles. The van der Waals surface area contributed by atoms with Gasteiger partial charge in [0.2, 0.25) is 5.91 Å². The molecular formula is C15H29N3O. The van der Waals surface area contributed by atoms with Crippen molar-refractivity contribution >= 4 is 5.91 Å². The Kier molecular flexibility index (Phi) is 4.85. The molecule has 1 amide bonds. The van der Waals surface area contributed by atoms with Crippen molar-refractivity contribution < 1.29 is 4.79 Å². The zero-order chi connectivity index (χ0) is 13.9. The molecule has 0 spiro atoms. The number of piperidine rings is 1. The normalized spacial score (nSPS) is 28.7. The van der Waals surface area contributed by atoms with E-state index >= 15 is 0 Å². The first-order valence-electron chi connectivity index (χ1n) is 7.81. The Hall–Kier alpha value is -0.610. The van der Waals surface area contributed by atoms with Gasteiger partial charge in [0.1, 0.15) is 0 Å². The van der Waals surface area contributed by atoms with E-state index in [1.54, 1.807) is 0 Å². The van der Waals surface area contributed by atoms with Gasteiger partial charge in [-0.2, -0.15) is 0 Å². The average Bonchev–Trinajstić information content (AvgIpc) is 2.40. The minimum absolute atomic E-state index is 0.310. The van der Waals surface area contributed by atoms with E-state index in [0.29, 0.717) is 11.8 Å². The van der Waals surface area contributed by atoms with Crippen LogP contribution in [0.4, 0.5) is 0 Å². The summed E-state index contributed by atoms with van der Waals surface area (Å²) in [5.74, 6) is 1.02. The molecule has 1 N–H and O–H groups in total. The molecule has 0 aromatic carbocycles. The molecule has 4 nitrogen and oxygen atoms in total. The lowest BCUT2D eigenvalue weighted by Gasteiger charge is -2.47. The molecule has 2 fully saturated rings. The molecule has 2 aliphatic rings. The molecule has 0 radical (unpaired) electrons. The number of piperazine rings is 1. The Labute approximate surface area is 117 Å². The number of amides is 1. The van der Waals surface area contributed by atoms with Gasteiger partial charge in [-0.05, 0) is 52.1 Å². The van der Waals surface area contributed by atoms with Crippen molar-refractivity contribution in [1.29, 1.82) is 0 Å². The lowest BCUT2D eigenvalue weighted by molar-refractivity contribution is -0.149. The molecule has 19 heavy (non-hydrogen) atoms. The van der Waals surface area contributed by atoms with E-state index in [1.165, 1.54) is 12.8 Å². The molecule has 1 unspecified atom stereocenters. The van der Waals surface area contributed by atoms with E-state index in [9.17, 15) is 4.79 Å².